The molecular formula is C10H18O2. The lowest BCUT2D eigenvalue weighted by Gasteiger charge is -2.14. The van der Waals surface area contributed by atoms with Gasteiger partial charge in [-0.25, -0.2) is 0 Å². The smallest absolute Gasteiger partial charge is 0.306 e. The Morgan fingerprint density at radius 2 is 2.00 bits per heavy atom. The van der Waals surface area contributed by atoms with Crippen molar-refractivity contribution in [1.82, 2.24) is 0 Å². The van der Waals surface area contributed by atoms with Gasteiger partial charge in [0.05, 0.1) is 6.61 Å². The molecule has 2 nitrogen and oxygen atoms in total. The van der Waals surface area contributed by atoms with Crippen LogP contribution in [-0.4, -0.2) is 12.6 Å². The highest BCUT2D eigenvalue weighted by molar-refractivity contribution is 5.69. The number of hydrogen-bond acceptors (Lipinski definition) is 2. The summed E-state index contributed by atoms with van der Waals surface area (Å²) in [7, 11) is 0. The van der Waals surface area contributed by atoms with E-state index in [-0.39, 0.29) is 5.97 Å². The van der Waals surface area contributed by atoms with Crippen LogP contribution in [0.3, 0.4) is 0 Å². The lowest BCUT2D eigenvalue weighted by molar-refractivity contribution is -0.144. The molecule has 0 aromatic rings. The fraction of sp³-hybridized carbons (Fsp3) is 0.900. The molecule has 0 amide bonds. The third-order valence-corrected chi connectivity index (χ3v) is 2.76. The maximum absolute atomic E-state index is 11.1. The minimum atomic E-state index is -0.00204. The number of rotatable bonds is 2. The van der Waals surface area contributed by atoms with Gasteiger partial charge in [-0.05, 0) is 18.3 Å². The molecule has 1 rings (SSSR count). The summed E-state index contributed by atoms with van der Waals surface area (Å²) in [5.41, 5.74) is 0. The number of carbonyl (C=O) groups is 1. The van der Waals surface area contributed by atoms with Crippen LogP contribution < -0.4 is 0 Å². The quantitative estimate of drug-likeness (QED) is 0.595. The van der Waals surface area contributed by atoms with E-state index in [2.05, 4.69) is 13.8 Å². The number of hydrogen-bond donors (Lipinski definition) is 0. The Balaban J connectivity index is 2.49. The molecule has 1 aliphatic rings. The zero-order valence-electron chi connectivity index (χ0n) is 8.01. The average Bonchev–Trinajstić information content (AvgIpc) is 2.26. The fourth-order valence-corrected chi connectivity index (χ4v) is 1.72. The van der Waals surface area contributed by atoms with E-state index in [1.165, 1.54) is 6.42 Å². The molecular weight excluding hydrogens is 152 g/mol. The van der Waals surface area contributed by atoms with Crippen LogP contribution in [0.1, 0.15) is 39.5 Å². The van der Waals surface area contributed by atoms with Crippen molar-refractivity contribution < 1.29 is 9.53 Å². The van der Waals surface area contributed by atoms with Crippen molar-refractivity contribution in [3.05, 3.63) is 0 Å². The van der Waals surface area contributed by atoms with Gasteiger partial charge in [0.25, 0.3) is 0 Å². The van der Waals surface area contributed by atoms with Gasteiger partial charge in [-0.2, -0.15) is 0 Å². The first-order valence-corrected chi connectivity index (χ1v) is 4.91. The summed E-state index contributed by atoms with van der Waals surface area (Å²) in [5.74, 6) is 1.16. The molecule has 70 valence electrons. The third-order valence-electron chi connectivity index (χ3n) is 2.76. The Morgan fingerprint density at radius 3 is 2.58 bits per heavy atom. The van der Waals surface area contributed by atoms with E-state index in [1.807, 2.05) is 0 Å². The first-order chi connectivity index (χ1) is 5.76. The summed E-state index contributed by atoms with van der Waals surface area (Å²) < 4.78 is 5.10. The van der Waals surface area contributed by atoms with Gasteiger partial charge in [0, 0.05) is 6.42 Å². The predicted molar refractivity (Wildman–Crippen MR) is 47.8 cm³/mol. The highest BCUT2D eigenvalue weighted by atomic mass is 16.5. The van der Waals surface area contributed by atoms with Gasteiger partial charge < -0.3 is 4.74 Å². The first-order valence-electron chi connectivity index (χ1n) is 4.91. The van der Waals surface area contributed by atoms with Gasteiger partial charge in [0.15, 0.2) is 0 Å². The molecule has 0 bridgehead atoms. The molecule has 0 spiro atoms. The molecule has 12 heavy (non-hydrogen) atoms. The highest BCUT2D eigenvalue weighted by Gasteiger charge is 2.22. The van der Waals surface area contributed by atoms with Gasteiger partial charge in [-0.1, -0.05) is 26.7 Å². The van der Waals surface area contributed by atoms with Crippen LogP contribution in [0, 0.1) is 11.8 Å². The molecule has 2 atom stereocenters. The van der Waals surface area contributed by atoms with Crippen LogP contribution in [0.15, 0.2) is 0 Å². The van der Waals surface area contributed by atoms with Crippen molar-refractivity contribution in [2.75, 3.05) is 6.61 Å². The van der Waals surface area contributed by atoms with Crippen LogP contribution in [0.2, 0.25) is 0 Å². The van der Waals surface area contributed by atoms with Gasteiger partial charge in [-0.15, -0.1) is 0 Å². The number of cyclic esters (lactones) is 1. The average molecular weight is 170 g/mol. The molecule has 2 heteroatoms. The van der Waals surface area contributed by atoms with Crippen molar-refractivity contribution in [2.24, 2.45) is 11.8 Å². The van der Waals surface area contributed by atoms with E-state index < -0.39 is 0 Å². The molecule has 0 saturated carbocycles. The maximum atomic E-state index is 11.1. The van der Waals surface area contributed by atoms with E-state index in [9.17, 15) is 4.79 Å². The van der Waals surface area contributed by atoms with E-state index in [1.54, 1.807) is 0 Å². The topological polar surface area (TPSA) is 26.3 Å². The molecule has 0 aliphatic carbocycles. The molecule has 0 aromatic heterocycles. The lowest BCUT2D eigenvalue weighted by atomic mass is 9.90. The Kier molecular flexibility index (Phi) is 3.57. The Labute approximate surface area is 74.3 Å². The van der Waals surface area contributed by atoms with Crippen molar-refractivity contribution >= 4 is 5.97 Å². The maximum Gasteiger partial charge on any atom is 0.306 e. The van der Waals surface area contributed by atoms with Crippen molar-refractivity contribution in [3.63, 3.8) is 0 Å². The summed E-state index contributed by atoms with van der Waals surface area (Å²) in [6, 6.07) is 0. The van der Waals surface area contributed by atoms with Gasteiger partial charge in [0.2, 0.25) is 0 Å². The Hall–Kier alpha value is -0.530. The normalized spacial score (nSPS) is 31.0. The van der Waals surface area contributed by atoms with Gasteiger partial charge >= 0.3 is 5.97 Å². The standard InChI is InChI=1S/C10H18O2/c1-3-8-5-9(4-2)7-12-10(11)6-8/h8-9H,3-7H2,1-2H3. The molecule has 1 heterocycles. The van der Waals surface area contributed by atoms with E-state index in [4.69, 9.17) is 4.74 Å². The van der Waals surface area contributed by atoms with Crippen LogP contribution in [-0.2, 0) is 9.53 Å². The predicted octanol–water partition coefficient (Wildman–Crippen LogP) is 2.38. The second-order valence-electron chi connectivity index (χ2n) is 3.67. The highest BCUT2D eigenvalue weighted by Crippen LogP contribution is 2.25. The third kappa shape index (κ3) is 2.50. The molecule has 0 radical (unpaired) electrons. The van der Waals surface area contributed by atoms with E-state index in [0.717, 1.165) is 12.8 Å². The zero-order valence-corrected chi connectivity index (χ0v) is 8.01. The molecule has 1 aliphatic heterocycles. The van der Waals surface area contributed by atoms with Gasteiger partial charge in [-0.3, -0.25) is 4.79 Å². The molecule has 0 N–H and O–H groups in total. The monoisotopic (exact) mass is 170 g/mol. The number of carbonyl (C=O) groups excluding carboxylic acids is 1. The van der Waals surface area contributed by atoms with E-state index in [0.29, 0.717) is 24.9 Å². The van der Waals surface area contributed by atoms with Crippen LogP contribution >= 0.6 is 0 Å². The SMILES string of the molecule is CCC1COC(=O)CC(CC)C1. The Morgan fingerprint density at radius 1 is 1.33 bits per heavy atom. The molecule has 1 saturated heterocycles. The molecule has 0 aromatic carbocycles. The Bertz CT molecular complexity index is 154. The largest absolute Gasteiger partial charge is 0.465 e. The van der Waals surface area contributed by atoms with Crippen molar-refractivity contribution in [2.45, 2.75) is 39.5 Å². The van der Waals surface area contributed by atoms with Crippen LogP contribution in [0.4, 0.5) is 0 Å². The minimum absolute atomic E-state index is 0.00204. The van der Waals surface area contributed by atoms with Crippen LogP contribution in [0.25, 0.3) is 0 Å². The molecule has 2 unspecified atom stereocenters. The summed E-state index contributed by atoms with van der Waals surface area (Å²) in [6.07, 6.45) is 4.03. The summed E-state index contributed by atoms with van der Waals surface area (Å²) in [4.78, 5) is 11.1. The fourth-order valence-electron chi connectivity index (χ4n) is 1.72. The van der Waals surface area contributed by atoms with Crippen LogP contribution in [0.5, 0.6) is 0 Å². The molecule has 1 fully saturated rings. The second kappa shape index (κ2) is 4.48. The van der Waals surface area contributed by atoms with E-state index >= 15 is 0 Å². The zero-order chi connectivity index (χ0) is 8.97. The number of ether oxygens (including phenoxy) is 1. The summed E-state index contributed by atoms with van der Waals surface area (Å²) >= 11 is 0. The van der Waals surface area contributed by atoms with Crippen molar-refractivity contribution in [1.29, 1.82) is 0 Å². The second-order valence-corrected chi connectivity index (χ2v) is 3.67. The summed E-state index contributed by atoms with van der Waals surface area (Å²) in [6.45, 7) is 4.96. The lowest BCUT2D eigenvalue weighted by Crippen LogP contribution is -2.08. The summed E-state index contributed by atoms with van der Waals surface area (Å²) in [5, 5.41) is 0. The number of esters is 1. The minimum Gasteiger partial charge on any atom is -0.465 e. The van der Waals surface area contributed by atoms with Gasteiger partial charge in [0.1, 0.15) is 0 Å². The van der Waals surface area contributed by atoms with Crippen molar-refractivity contribution in [3.8, 4) is 0 Å². The first kappa shape index (κ1) is 9.56.